The van der Waals surface area contributed by atoms with Crippen LogP contribution in [0.15, 0.2) is 0 Å². The third kappa shape index (κ3) is 4.47. The lowest BCUT2D eigenvalue weighted by atomic mass is 10.9. The average Bonchev–Trinajstić information content (AvgIpc) is 1.83. The Kier molecular flexibility index (Phi) is 5.66. The number of nitrogens with zero attached hydrogens (tertiary/aromatic N) is 1. The van der Waals surface area contributed by atoms with Gasteiger partial charge in [-0.05, 0) is 22.8 Å². The third-order valence-electron chi connectivity index (χ3n) is 0.767. The minimum atomic E-state index is 0.147. The van der Waals surface area contributed by atoms with Crippen LogP contribution in [0.5, 0.6) is 0 Å². The number of hydrogen-bond acceptors (Lipinski definition) is 3. The predicted molar refractivity (Wildman–Crippen MR) is 37.1 cm³/mol. The summed E-state index contributed by atoms with van der Waals surface area (Å²) < 4.78 is 0. The summed E-state index contributed by atoms with van der Waals surface area (Å²) in [5.41, 5.74) is 0. The van der Waals surface area contributed by atoms with Gasteiger partial charge in [0.15, 0.2) is 0 Å². The molecule has 0 aliphatic carbocycles. The number of hydrogen-bond donors (Lipinski definition) is 2. The smallest absolute Gasteiger partial charge is 0.0957 e. The van der Waals surface area contributed by atoms with E-state index in [1.54, 1.807) is 0 Å². The molecule has 0 aromatic carbocycles. The lowest BCUT2D eigenvalue weighted by molar-refractivity contribution is 0.151. The van der Waals surface area contributed by atoms with Crippen molar-refractivity contribution in [3.63, 3.8) is 0 Å². The number of aliphatic hydroxyl groups excluding tert-OH is 1. The molecule has 1 atom stereocenters. The summed E-state index contributed by atoms with van der Waals surface area (Å²) in [6.45, 7) is 0.147. The van der Waals surface area contributed by atoms with Crippen LogP contribution < -0.4 is 5.09 Å². The minimum Gasteiger partial charge on any atom is -0.381 e. The highest BCUT2D eigenvalue weighted by Crippen LogP contribution is 2.00. The van der Waals surface area contributed by atoms with E-state index in [9.17, 15) is 0 Å². The van der Waals surface area contributed by atoms with Crippen LogP contribution in [0.2, 0.25) is 0 Å². The van der Waals surface area contributed by atoms with Crippen LogP contribution in [-0.4, -0.2) is 37.1 Å². The van der Waals surface area contributed by atoms with E-state index in [2.05, 4.69) is 5.09 Å². The zero-order chi connectivity index (χ0) is 6.41. The van der Waals surface area contributed by atoms with Gasteiger partial charge in [0, 0.05) is 6.29 Å². The largest absolute Gasteiger partial charge is 0.381 e. The summed E-state index contributed by atoms with van der Waals surface area (Å²) in [6.07, 6.45) is 0.924. The standard InChI is InChI=1S/C4H13N2OP/c1-5-8-4-6(2)3-7/h5,7-8H,3-4H2,1-2H3. The third-order valence-corrected chi connectivity index (χ3v) is 1.82. The summed E-state index contributed by atoms with van der Waals surface area (Å²) in [6, 6.07) is 0. The van der Waals surface area contributed by atoms with Crippen molar-refractivity contribution in [2.75, 3.05) is 27.1 Å². The molecule has 0 radical (unpaired) electrons. The Morgan fingerprint density at radius 2 is 2.38 bits per heavy atom. The Hall–Kier alpha value is 0.310. The van der Waals surface area contributed by atoms with Gasteiger partial charge in [-0.3, -0.25) is 4.90 Å². The van der Waals surface area contributed by atoms with Crippen LogP contribution in [-0.2, 0) is 0 Å². The molecule has 0 bridgehead atoms. The van der Waals surface area contributed by atoms with Crippen LogP contribution in [0.1, 0.15) is 0 Å². The van der Waals surface area contributed by atoms with E-state index in [1.807, 2.05) is 19.0 Å². The molecule has 50 valence electrons. The topological polar surface area (TPSA) is 35.5 Å². The van der Waals surface area contributed by atoms with Crippen molar-refractivity contribution in [1.29, 1.82) is 0 Å². The second-order valence-corrected chi connectivity index (χ2v) is 2.75. The molecule has 0 aliphatic heterocycles. The van der Waals surface area contributed by atoms with Crippen LogP contribution >= 0.6 is 8.73 Å². The van der Waals surface area contributed by atoms with Crippen molar-refractivity contribution in [2.45, 2.75) is 0 Å². The molecule has 2 N–H and O–H groups in total. The zero-order valence-corrected chi connectivity index (χ0v) is 6.31. The molecule has 0 aromatic heterocycles. The zero-order valence-electron chi connectivity index (χ0n) is 5.31. The summed E-state index contributed by atoms with van der Waals surface area (Å²) in [7, 11) is 4.50. The highest BCUT2D eigenvalue weighted by atomic mass is 31.1. The average molecular weight is 136 g/mol. The fourth-order valence-corrected chi connectivity index (χ4v) is 0.792. The van der Waals surface area contributed by atoms with Crippen LogP contribution in [0, 0.1) is 0 Å². The van der Waals surface area contributed by atoms with Crippen LogP contribution in [0.25, 0.3) is 0 Å². The Bertz CT molecular complexity index is 53.3. The molecule has 4 heteroatoms. The van der Waals surface area contributed by atoms with Gasteiger partial charge in [0.05, 0.1) is 6.73 Å². The van der Waals surface area contributed by atoms with Crippen LogP contribution in [0.3, 0.4) is 0 Å². The molecule has 0 aromatic rings. The van der Waals surface area contributed by atoms with E-state index in [0.29, 0.717) is 0 Å². The predicted octanol–water partition coefficient (Wildman–Crippen LogP) is -0.362. The maximum atomic E-state index is 8.46. The van der Waals surface area contributed by atoms with Crippen molar-refractivity contribution in [1.82, 2.24) is 9.99 Å². The first kappa shape index (κ1) is 8.31. The fourth-order valence-electron chi connectivity index (χ4n) is 0.264. The Balaban J connectivity index is 2.86. The number of aliphatic hydroxyl groups is 1. The second kappa shape index (κ2) is 5.45. The van der Waals surface area contributed by atoms with Gasteiger partial charge in [0.2, 0.25) is 0 Å². The molecule has 3 nitrogen and oxygen atoms in total. The summed E-state index contributed by atoms with van der Waals surface area (Å²) in [5.74, 6) is 0. The van der Waals surface area contributed by atoms with Gasteiger partial charge in [-0.25, -0.2) is 0 Å². The molecular formula is C4H13N2OP. The van der Waals surface area contributed by atoms with Crippen molar-refractivity contribution in [3.05, 3.63) is 0 Å². The van der Waals surface area contributed by atoms with Gasteiger partial charge in [-0.1, -0.05) is 0 Å². The molecule has 0 fully saturated rings. The van der Waals surface area contributed by atoms with Gasteiger partial charge in [-0.15, -0.1) is 0 Å². The van der Waals surface area contributed by atoms with Gasteiger partial charge < -0.3 is 10.2 Å². The molecule has 0 heterocycles. The highest BCUT2D eigenvalue weighted by molar-refractivity contribution is 7.35. The SMILES string of the molecule is CNPCN(C)CO. The molecule has 0 spiro atoms. The number of rotatable bonds is 4. The Labute approximate surface area is 51.9 Å². The molecule has 0 aliphatic rings. The van der Waals surface area contributed by atoms with Gasteiger partial charge in [0.1, 0.15) is 0 Å². The van der Waals surface area contributed by atoms with Crippen molar-refractivity contribution in [3.8, 4) is 0 Å². The van der Waals surface area contributed by atoms with Gasteiger partial charge in [-0.2, -0.15) is 0 Å². The lowest BCUT2D eigenvalue weighted by Gasteiger charge is -2.10. The normalized spacial score (nSPS) is 12.0. The van der Waals surface area contributed by atoms with Crippen molar-refractivity contribution in [2.24, 2.45) is 0 Å². The molecule has 0 saturated heterocycles. The molecule has 8 heavy (non-hydrogen) atoms. The van der Waals surface area contributed by atoms with E-state index in [0.717, 1.165) is 15.0 Å². The van der Waals surface area contributed by atoms with E-state index in [1.165, 1.54) is 0 Å². The van der Waals surface area contributed by atoms with Crippen molar-refractivity contribution >= 4 is 8.73 Å². The second-order valence-electron chi connectivity index (χ2n) is 1.58. The summed E-state index contributed by atoms with van der Waals surface area (Å²) >= 11 is 0. The van der Waals surface area contributed by atoms with Gasteiger partial charge >= 0.3 is 0 Å². The maximum absolute atomic E-state index is 8.46. The molecule has 0 rings (SSSR count). The van der Waals surface area contributed by atoms with Crippen LogP contribution in [0.4, 0.5) is 0 Å². The Morgan fingerprint density at radius 1 is 1.75 bits per heavy atom. The molecule has 0 amide bonds. The highest BCUT2D eigenvalue weighted by Gasteiger charge is 1.89. The molecular weight excluding hydrogens is 123 g/mol. The Morgan fingerprint density at radius 3 is 2.75 bits per heavy atom. The van der Waals surface area contributed by atoms with Gasteiger partial charge in [0.25, 0.3) is 0 Å². The monoisotopic (exact) mass is 136 g/mol. The molecule has 1 unspecified atom stereocenters. The number of nitrogens with one attached hydrogen (secondary N) is 1. The van der Waals surface area contributed by atoms with E-state index in [4.69, 9.17) is 5.11 Å². The first-order valence-corrected chi connectivity index (χ1v) is 3.71. The van der Waals surface area contributed by atoms with E-state index >= 15 is 0 Å². The lowest BCUT2D eigenvalue weighted by Crippen LogP contribution is -2.18. The fraction of sp³-hybridized carbons (Fsp3) is 1.00. The van der Waals surface area contributed by atoms with Crippen molar-refractivity contribution < 1.29 is 5.11 Å². The maximum Gasteiger partial charge on any atom is 0.0957 e. The first-order chi connectivity index (χ1) is 3.81. The summed E-state index contributed by atoms with van der Waals surface area (Å²) in [5, 5.41) is 11.5. The summed E-state index contributed by atoms with van der Waals surface area (Å²) in [4.78, 5) is 1.84. The van der Waals surface area contributed by atoms with E-state index < -0.39 is 0 Å². The quantitative estimate of drug-likeness (QED) is 0.409. The first-order valence-electron chi connectivity index (χ1n) is 2.50. The minimum absolute atomic E-state index is 0.147. The van der Waals surface area contributed by atoms with E-state index in [-0.39, 0.29) is 6.73 Å². The molecule has 0 saturated carbocycles.